The lowest BCUT2D eigenvalue weighted by Crippen LogP contribution is -2.37. The van der Waals surface area contributed by atoms with Crippen LogP contribution in [0.2, 0.25) is 0 Å². The number of nitrogens with zero attached hydrogens (tertiary/aromatic N) is 2. The van der Waals surface area contributed by atoms with Gasteiger partial charge in [0.1, 0.15) is 12.0 Å². The molecule has 0 aromatic carbocycles. The van der Waals surface area contributed by atoms with Gasteiger partial charge in [-0.25, -0.2) is 5.84 Å². The minimum absolute atomic E-state index is 0.318. The molecule has 3 N–H and O–H groups in total. The van der Waals surface area contributed by atoms with Crippen LogP contribution in [0.5, 0.6) is 0 Å². The lowest BCUT2D eigenvalue weighted by molar-refractivity contribution is 0.0953. The fourth-order valence-corrected chi connectivity index (χ4v) is 2.60. The lowest BCUT2D eigenvalue weighted by Gasteiger charge is -2.26. The number of rotatable bonds is 5. The summed E-state index contributed by atoms with van der Waals surface area (Å²) in [6.07, 6.45) is 3.89. The largest absolute Gasteiger partial charge is 0.467 e. The van der Waals surface area contributed by atoms with Gasteiger partial charge in [-0.3, -0.25) is 15.1 Å². The number of hydrazine groups is 1. The van der Waals surface area contributed by atoms with E-state index in [-0.39, 0.29) is 5.91 Å². The quantitative estimate of drug-likeness (QED) is 0.459. The number of amides is 1. The van der Waals surface area contributed by atoms with E-state index in [9.17, 15) is 4.79 Å². The zero-order valence-corrected chi connectivity index (χ0v) is 11.6. The van der Waals surface area contributed by atoms with E-state index in [1.165, 1.54) is 19.1 Å². The maximum Gasteiger partial charge on any atom is 0.268 e. The van der Waals surface area contributed by atoms with Gasteiger partial charge in [0.05, 0.1) is 12.1 Å². The van der Waals surface area contributed by atoms with Gasteiger partial charge in [0.15, 0.2) is 0 Å². The van der Waals surface area contributed by atoms with Gasteiger partial charge in [0.25, 0.3) is 5.91 Å². The molecular weight excluding hydrogens is 244 g/mol. The van der Waals surface area contributed by atoms with E-state index in [1.807, 2.05) is 0 Å². The Hall–Kier alpha value is -1.37. The summed E-state index contributed by atoms with van der Waals surface area (Å²) in [7, 11) is 4.18. The number of likely N-dealkylation sites (N-methyl/N-ethyl adjacent to an activating group) is 1. The highest BCUT2D eigenvalue weighted by molar-refractivity contribution is 5.93. The standard InChI is InChI=1S/C13H22N4O2/c1-16(2)7-11-4-3-5-17(11)8-12-6-10(9-19-12)13(18)15-14/h6,9,11H,3-5,7-8,14H2,1-2H3,(H,15,18). The molecule has 19 heavy (non-hydrogen) atoms. The van der Waals surface area contributed by atoms with Crippen LogP contribution in [0.3, 0.4) is 0 Å². The van der Waals surface area contributed by atoms with Crippen LogP contribution in [0.15, 0.2) is 16.7 Å². The average Bonchev–Trinajstić information content (AvgIpc) is 2.99. The maximum atomic E-state index is 11.4. The zero-order valence-electron chi connectivity index (χ0n) is 11.6. The average molecular weight is 266 g/mol. The summed E-state index contributed by atoms with van der Waals surface area (Å²) < 4.78 is 5.43. The zero-order chi connectivity index (χ0) is 13.8. The summed E-state index contributed by atoms with van der Waals surface area (Å²) in [5.41, 5.74) is 2.58. The van der Waals surface area contributed by atoms with E-state index >= 15 is 0 Å². The number of furan rings is 1. The first-order chi connectivity index (χ1) is 9.10. The summed E-state index contributed by atoms with van der Waals surface area (Å²) >= 11 is 0. The van der Waals surface area contributed by atoms with Crippen LogP contribution in [0, 0.1) is 0 Å². The maximum absolute atomic E-state index is 11.4. The van der Waals surface area contributed by atoms with Crippen molar-refractivity contribution in [3.63, 3.8) is 0 Å². The molecule has 6 heteroatoms. The monoisotopic (exact) mass is 266 g/mol. The second-order valence-corrected chi connectivity index (χ2v) is 5.30. The van der Waals surface area contributed by atoms with Crippen LogP contribution in [0.4, 0.5) is 0 Å². The third-order valence-corrected chi connectivity index (χ3v) is 3.48. The molecule has 0 saturated carbocycles. The topological polar surface area (TPSA) is 74.7 Å². The molecule has 1 amide bonds. The Kier molecular flexibility index (Phi) is 4.57. The van der Waals surface area contributed by atoms with Crippen molar-refractivity contribution in [3.05, 3.63) is 23.7 Å². The van der Waals surface area contributed by atoms with Crippen molar-refractivity contribution >= 4 is 5.91 Å². The van der Waals surface area contributed by atoms with Gasteiger partial charge in [-0.15, -0.1) is 0 Å². The highest BCUT2D eigenvalue weighted by Gasteiger charge is 2.25. The highest BCUT2D eigenvalue weighted by atomic mass is 16.3. The van der Waals surface area contributed by atoms with E-state index in [0.29, 0.717) is 11.6 Å². The normalized spacial score (nSPS) is 20.1. The molecule has 0 spiro atoms. The Bertz CT molecular complexity index is 430. The molecular formula is C13H22N4O2. The molecule has 6 nitrogen and oxygen atoms in total. The molecule has 1 atom stereocenters. The molecule has 0 bridgehead atoms. The predicted molar refractivity (Wildman–Crippen MR) is 72.3 cm³/mol. The summed E-state index contributed by atoms with van der Waals surface area (Å²) in [5.74, 6) is 5.59. The Labute approximate surface area is 113 Å². The van der Waals surface area contributed by atoms with Crippen molar-refractivity contribution in [2.45, 2.75) is 25.4 Å². The van der Waals surface area contributed by atoms with Gasteiger partial charge < -0.3 is 9.32 Å². The number of nitrogen functional groups attached to an aromatic ring is 1. The van der Waals surface area contributed by atoms with E-state index in [4.69, 9.17) is 10.3 Å². The fourth-order valence-electron chi connectivity index (χ4n) is 2.60. The van der Waals surface area contributed by atoms with Crippen LogP contribution >= 0.6 is 0 Å². The molecule has 1 aromatic rings. The van der Waals surface area contributed by atoms with Crippen molar-refractivity contribution in [2.24, 2.45) is 5.84 Å². The van der Waals surface area contributed by atoms with Crippen molar-refractivity contribution in [3.8, 4) is 0 Å². The first kappa shape index (κ1) is 14.0. The molecule has 2 heterocycles. The molecule has 1 aliphatic rings. The molecule has 1 aromatic heterocycles. The van der Waals surface area contributed by atoms with Crippen LogP contribution in [0.1, 0.15) is 29.0 Å². The number of carbonyl (C=O) groups is 1. The summed E-state index contributed by atoms with van der Waals surface area (Å²) in [5, 5.41) is 0. The van der Waals surface area contributed by atoms with Gasteiger partial charge in [-0.05, 0) is 39.5 Å². The van der Waals surface area contributed by atoms with Crippen LogP contribution in [-0.2, 0) is 6.54 Å². The SMILES string of the molecule is CN(C)CC1CCCN1Cc1cc(C(=O)NN)co1. The van der Waals surface area contributed by atoms with Crippen LogP contribution in [-0.4, -0.2) is 48.9 Å². The Morgan fingerprint density at radius 1 is 1.63 bits per heavy atom. The Balaban J connectivity index is 1.96. The number of hydrogen-bond acceptors (Lipinski definition) is 5. The van der Waals surface area contributed by atoms with E-state index in [0.717, 1.165) is 25.4 Å². The Morgan fingerprint density at radius 3 is 3.11 bits per heavy atom. The van der Waals surface area contributed by atoms with Gasteiger partial charge in [0.2, 0.25) is 0 Å². The van der Waals surface area contributed by atoms with Crippen LogP contribution < -0.4 is 11.3 Å². The lowest BCUT2D eigenvalue weighted by atomic mass is 10.2. The first-order valence-electron chi connectivity index (χ1n) is 6.57. The van der Waals surface area contributed by atoms with Crippen LogP contribution in [0.25, 0.3) is 0 Å². The Morgan fingerprint density at radius 2 is 2.42 bits per heavy atom. The highest BCUT2D eigenvalue weighted by Crippen LogP contribution is 2.21. The minimum Gasteiger partial charge on any atom is -0.467 e. The van der Waals surface area contributed by atoms with Gasteiger partial charge >= 0.3 is 0 Å². The third kappa shape index (κ3) is 3.56. The number of likely N-dealkylation sites (tertiary alicyclic amines) is 1. The number of nitrogens with one attached hydrogen (secondary N) is 1. The van der Waals surface area contributed by atoms with Crippen molar-refractivity contribution in [1.29, 1.82) is 0 Å². The van der Waals surface area contributed by atoms with Crippen molar-refractivity contribution in [1.82, 2.24) is 15.2 Å². The van der Waals surface area contributed by atoms with E-state index < -0.39 is 0 Å². The predicted octanol–water partition coefficient (Wildman–Crippen LogP) is 0.409. The molecule has 2 rings (SSSR count). The molecule has 1 fully saturated rings. The minimum atomic E-state index is -0.318. The summed E-state index contributed by atoms with van der Waals surface area (Å²) in [4.78, 5) is 16.0. The second-order valence-electron chi connectivity index (χ2n) is 5.30. The fraction of sp³-hybridized carbons (Fsp3) is 0.615. The smallest absolute Gasteiger partial charge is 0.268 e. The molecule has 0 aliphatic carbocycles. The molecule has 0 radical (unpaired) electrons. The third-order valence-electron chi connectivity index (χ3n) is 3.48. The molecule has 1 aliphatic heterocycles. The van der Waals surface area contributed by atoms with E-state index in [2.05, 4.69) is 29.3 Å². The van der Waals surface area contributed by atoms with Crippen molar-refractivity contribution < 1.29 is 9.21 Å². The number of hydrogen-bond donors (Lipinski definition) is 2. The van der Waals surface area contributed by atoms with Gasteiger partial charge in [-0.1, -0.05) is 0 Å². The first-order valence-corrected chi connectivity index (χ1v) is 6.57. The summed E-state index contributed by atoms with van der Waals surface area (Å²) in [6, 6.07) is 2.32. The second kappa shape index (κ2) is 6.18. The van der Waals surface area contributed by atoms with Gasteiger partial charge in [0, 0.05) is 12.6 Å². The summed E-state index contributed by atoms with van der Waals surface area (Å²) in [6.45, 7) is 2.88. The van der Waals surface area contributed by atoms with Crippen molar-refractivity contribution in [2.75, 3.05) is 27.2 Å². The molecule has 1 unspecified atom stereocenters. The van der Waals surface area contributed by atoms with Gasteiger partial charge in [-0.2, -0.15) is 0 Å². The molecule has 106 valence electrons. The van der Waals surface area contributed by atoms with E-state index in [1.54, 1.807) is 6.07 Å². The number of carbonyl (C=O) groups excluding carboxylic acids is 1. The number of nitrogens with two attached hydrogens (primary N) is 1. The molecule has 1 saturated heterocycles.